The van der Waals surface area contributed by atoms with E-state index in [1.165, 1.54) is 22.3 Å². The van der Waals surface area contributed by atoms with E-state index in [0.717, 1.165) is 29.5 Å². The summed E-state index contributed by atoms with van der Waals surface area (Å²) in [5.74, 6) is 0.185. The number of benzene rings is 4. The molecular formula is C40H36ClN3O. The molecule has 2 unspecified atom stereocenters. The van der Waals surface area contributed by atoms with Gasteiger partial charge in [0.05, 0.1) is 0 Å². The van der Waals surface area contributed by atoms with E-state index in [9.17, 15) is 5.11 Å². The second-order valence-electron chi connectivity index (χ2n) is 12.7. The van der Waals surface area contributed by atoms with Gasteiger partial charge in [0.25, 0.3) is 0 Å². The molecule has 45 heavy (non-hydrogen) atoms. The van der Waals surface area contributed by atoms with Gasteiger partial charge < -0.3 is 5.11 Å². The average Bonchev–Trinajstić information content (AvgIpc) is 3.47. The van der Waals surface area contributed by atoms with Gasteiger partial charge in [0.1, 0.15) is 22.5 Å². The first-order valence-corrected chi connectivity index (χ1v) is 15.9. The lowest BCUT2D eigenvalue weighted by molar-refractivity contribution is 0.461. The van der Waals surface area contributed by atoms with E-state index in [1.807, 2.05) is 18.2 Å². The molecule has 0 saturated carbocycles. The van der Waals surface area contributed by atoms with E-state index in [4.69, 9.17) is 21.8 Å². The molecule has 1 heterocycles. The van der Waals surface area contributed by atoms with Crippen LogP contribution in [0.25, 0.3) is 16.7 Å². The van der Waals surface area contributed by atoms with Crippen molar-refractivity contribution >= 4 is 22.6 Å². The molecule has 5 heteroatoms. The lowest BCUT2D eigenvalue weighted by Gasteiger charge is -2.30. The molecule has 0 bridgehead atoms. The molecule has 4 nitrogen and oxygen atoms in total. The number of hydrogen-bond acceptors (Lipinski definition) is 3. The molecule has 2 atom stereocenters. The maximum atomic E-state index is 11.9. The number of aromatic hydroxyl groups is 1. The fourth-order valence-corrected chi connectivity index (χ4v) is 7.04. The zero-order valence-corrected chi connectivity index (χ0v) is 26.4. The number of rotatable bonds is 7. The summed E-state index contributed by atoms with van der Waals surface area (Å²) in [6.07, 6.45) is 20.7. The van der Waals surface area contributed by atoms with E-state index in [1.54, 1.807) is 10.9 Å². The Morgan fingerprint density at radius 2 is 1.29 bits per heavy atom. The van der Waals surface area contributed by atoms with Gasteiger partial charge in [-0.2, -0.15) is 0 Å². The molecular weight excluding hydrogens is 574 g/mol. The molecule has 5 aromatic rings. The Morgan fingerprint density at radius 3 is 1.91 bits per heavy atom. The van der Waals surface area contributed by atoms with Crippen LogP contribution in [0, 0.1) is 0 Å². The van der Waals surface area contributed by atoms with Gasteiger partial charge in [0.15, 0.2) is 0 Å². The minimum absolute atomic E-state index is 0.0786. The van der Waals surface area contributed by atoms with E-state index >= 15 is 0 Å². The summed E-state index contributed by atoms with van der Waals surface area (Å²) in [6.45, 7) is 4.58. The van der Waals surface area contributed by atoms with Crippen LogP contribution in [0.1, 0.15) is 60.1 Å². The SMILES string of the molecule is CC1(c2ccccc2Cc2cc(Cc3ccccc3C3(C)C=CC=CC3)c(O)c(-n3nc4ccc(Cl)cc4n3)c2)C=CC=CC1. The molecule has 0 amide bonds. The van der Waals surface area contributed by atoms with Crippen molar-refractivity contribution in [1.29, 1.82) is 0 Å². The Bertz CT molecular complexity index is 2030. The number of phenolic OH excluding ortho intramolecular Hbond substituents is 1. The molecule has 0 spiro atoms. The first-order chi connectivity index (χ1) is 21.8. The third kappa shape index (κ3) is 5.67. The van der Waals surface area contributed by atoms with Crippen LogP contribution >= 0.6 is 11.6 Å². The summed E-state index contributed by atoms with van der Waals surface area (Å²) in [5, 5.41) is 21.9. The van der Waals surface area contributed by atoms with Crippen LogP contribution in [-0.4, -0.2) is 20.1 Å². The summed E-state index contributed by atoms with van der Waals surface area (Å²) in [5.41, 5.74) is 8.74. The maximum Gasteiger partial charge on any atom is 0.146 e. The fourth-order valence-electron chi connectivity index (χ4n) is 6.87. The normalized spacial score (nSPS) is 20.7. The van der Waals surface area contributed by atoms with Gasteiger partial charge in [-0.15, -0.1) is 15.0 Å². The van der Waals surface area contributed by atoms with Crippen LogP contribution in [0.15, 0.2) is 127 Å². The van der Waals surface area contributed by atoms with Crippen molar-refractivity contribution in [3.63, 3.8) is 0 Å². The summed E-state index contributed by atoms with van der Waals surface area (Å²) in [6, 6.07) is 26.9. The van der Waals surface area contributed by atoms with Crippen molar-refractivity contribution in [3.8, 4) is 11.4 Å². The van der Waals surface area contributed by atoms with E-state index < -0.39 is 0 Å². The lowest BCUT2D eigenvalue weighted by atomic mass is 9.74. The number of hydrogen-bond donors (Lipinski definition) is 1. The number of nitrogens with zero attached hydrogens (tertiary/aromatic N) is 3. The number of phenols is 1. The quantitative estimate of drug-likeness (QED) is 0.200. The molecule has 0 saturated heterocycles. The van der Waals surface area contributed by atoms with Crippen LogP contribution in [0.3, 0.4) is 0 Å². The summed E-state index contributed by atoms with van der Waals surface area (Å²) >= 11 is 6.27. The van der Waals surface area contributed by atoms with Gasteiger partial charge in [-0.25, -0.2) is 0 Å². The summed E-state index contributed by atoms with van der Waals surface area (Å²) in [7, 11) is 0. The molecule has 0 radical (unpaired) electrons. The highest BCUT2D eigenvalue weighted by Crippen LogP contribution is 2.39. The van der Waals surface area contributed by atoms with Crippen molar-refractivity contribution in [3.05, 3.63) is 166 Å². The Hall–Kier alpha value is -4.67. The zero-order chi connectivity index (χ0) is 31.0. The summed E-state index contributed by atoms with van der Waals surface area (Å²) < 4.78 is 0. The number of allylic oxidation sites excluding steroid dienone is 8. The Balaban J connectivity index is 1.35. The van der Waals surface area contributed by atoms with Crippen LogP contribution in [-0.2, 0) is 23.7 Å². The van der Waals surface area contributed by atoms with Crippen LogP contribution < -0.4 is 0 Å². The Kier molecular flexibility index (Phi) is 7.55. The monoisotopic (exact) mass is 609 g/mol. The van der Waals surface area contributed by atoms with Gasteiger partial charge in [-0.3, -0.25) is 0 Å². The number of halogens is 1. The number of aromatic nitrogens is 3. The minimum atomic E-state index is -0.113. The standard InChI is InChI=1S/C40H36ClN3O/c1-39(19-9-3-10-20-39)33-15-7-5-13-29(33)23-28-24-31(26-30-14-6-8-16-34(30)40(2)21-11-4-12-22-40)38(45)37(25-28)44-42-35-18-17-32(41)27-36(35)43-44/h3-19,21,24-25,27,45H,20,22-23,26H2,1-2H3. The molecule has 4 aromatic carbocycles. The largest absolute Gasteiger partial charge is 0.505 e. The van der Waals surface area contributed by atoms with Crippen LogP contribution in [0.4, 0.5) is 0 Å². The first kappa shape index (κ1) is 29.1. The zero-order valence-electron chi connectivity index (χ0n) is 25.6. The minimum Gasteiger partial charge on any atom is -0.505 e. The lowest BCUT2D eigenvalue weighted by Crippen LogP contribution is -2.21. The molecule has 224 valence electrons. The second kappa shape index (κ2) is 11.7. The van der Waals surface area contributed by atoms with Crippen molar-refractivity contribution < 1.29 is 5.11 Å². The predicted octanol–water partition coefficient (Wildman–Crippen LogP) is 9.51. The molecule has 2 aliphatic rings. The van der Waals surface area contributed by atoms with Crippen LogP contribution in [0.5, 0.6) is 5.75 Å². The van der Waals surface area contributed by atoms with Crippen LogP contribution in [0.2, 0.25) is 5.02 Å². The third-order valence-corrected chi connectivity index (χ3v) is 9.57. The summed E-state index contributed by atoms with van der Waals surface area (Å²) in [4.78, 5) is 1.55. The predicted molar refractivity (Wildman–Crippen MR) is 185 cm³/mol. The average molecular weight is 610 g/mol. The smallest absolute Gasteiger partial charge is 0.146 e. The fraction of sp³-hybridized carbons (Fsp3) is 0.200. The van der Waals surface area contributed by atoms with E-state index in [0.29, 0.717) is 29.1 Å². The van der Waals surface area contributed by atoms with Gasteiger partial charge in [-0.05, 0) is 71.3 Å². The van der Waals surface area contributed by atoms with Crippen molar-refractivity contribution in [2.75, 3.05) is 0 Å². The molecule has 1 aromatic heterocycles. The van der Waals surface area contributed by atoms with Gasteiger partial charge in [0.2, 0.25) is 0 Å². The molecule has 0 fully saturated rings. The second-order valence-corrected chi connectivity index (χ2v) is 13.2. The molecule has 0 aliphatic heterocycles. The molecule has 7 rings (SSSR count). The Labute approximate surface area is 269 Å². The van der Waals surface area contributed by atoms with Crippen molar-refractivity contribution in [1.82, 2.24) is 15.0 Å². The highest BCUT2D eigenvalue weighted by atomic mass is 35.5. The highest BCUT2D eigenvalue weighted by Gasteiger charge is 2.28. The highest BCUT2D eigenvalue weighted by molar-refractivity contribution is 6.31. The van der Waals surface area contributed by atoms with Crippen molar-refractivity contribution in [2.45, 2.75) is 50.4 Å². The topological polar surface area (TPSA) is 50.9 Å². The van der Waals surface area contributed by atoms with Crippen molar-refractivity contribution in [2.24, 2.45) is 0 Å². The maximum absolute atomic E-state index is 11.9. The van der Waals surface area contributed by atoms with E-state index in [-0.39, 0.29) is 16.6 Å². The number of fused-ring (bicyclic) bond motifs is 1. The Morgan fingerprint density at radius 1 is 0.689 bits per heavy atom. The van der Waals surface area contributed by atoms with E-state index in [2.05, 4.69) is 117 Å². The van der Waals surface area contributed by atoms with Gasteiger partial charge in [-0.1, -0.05) is 129 Å². The molecule has 2 aliphatic carbocycles. The molecule has 1 N–H and O–H groups in total. The van der Waals surface area contributed by atoms with Gasteiger partial charge in [0, 0.05) is 27.8 Å². The first-order valence-electron chi connectivity index (χ1n) is 15.5. The third-order valence-electron chi connectivity index (χ3n) is 9.33. The van der Waals surface area contributed by atoms with Gasteiger partial charge >= 0.3 is 0 Å².